The van der Waals surface area contributed by atoms with E-state index in [2.05, 4.69) is 4.74 Å². The van der Waals surface area contributed by atoms with Crippen LogP contribution in [-0.4, -0.2) is 19.0 Å². The monoisotopic (exact) mass is 260 g/mol. The molecule has 2 rings (SSSR count). The van der Waals surface area contributed by atoms with Crippen LogP contribution in [0.25, 0.3) is 0 Å². The van der Waals surface area contributed by atoms with Gasteiger partial charge in [0.2, 0.25) is 5.76 Å². The maximum absolute atomic E-state index is 12.1. The Bertz CT molecular complexity index is 528. The Hall–Kier alpha value is -2.10. The highest BCUT2D eigenvalue weighted by Crippen LogP contribution is 2.42. The van der Waals surface area contributed by atoms with Gasteiger partial charge in [0.1, 0.15) is 0 Å². The summed E-state index contributed by atoms with van der Waals surface area (Å²) in [5, 5.41) is 0. The molecule has 19 heavy (non-hydrogen) atoms. The summed E-state index contributed by atoms with van der Waals surface area (Å²) in [4.78, 5) is 23.6. The first-order valence-electron chi connectivity index (χ1n) is 6.04. The Morgan fingerprint density at radius 3 is 2.47 bits per heavy atom. The molecule has 4 nitrogen and oxygen atoms in total. The third-order valence-electron chi connectivity index (χ3n) is 3.37. The average molecular weight is 260 g/mol. The summed E-state index contributed by atoms with van der Waals surface area (Å²) < 4.78 is 9.66. The highest BCUT2D eigenvalue weighted by atomic mass is 16.6. The molecule has 0 N–H and O–H groups in total. The number of ether oxygens (including phenoxy) is 2. The molecule has 0 radical (unpaired) electrons. The number of benzene rings is 1. The number of carbonyl (C=O) groups is 2. The van der Waals surface area contributed by atoms with E-state index in [4.69, 9.17) is 4.74 Å². The molecule has 0 saturated carbocycles. The van der Waals surface area contributed by atoms with Crippen LogP contribution < -0.4 is 0 Å². The standard InChI is InChI=1S/C15H16O4/c1-15(2)11(10-7-5-4-6-8-10)9-12(13(16)18-3)19-14(15)17/h4-9,11H,1-3H3/t11-/m1/s1. The molecule has 0 saturated heterocycles. The van der Waals surface area contributed by atoms with Gasteiger partial charge in [-0.1, -0.05) is 30.3 Å². The summed E-state index contributed by atoms with van der Waals surface area (Å²) in [5.41, 5.74) is 0.240. The number of carbonyl (C=O) groups excluding carboxylic acids is 2. The van der Waals surface area contributed by atoms with Gasteiger partial charge in [0, 0.05) is 5.92 Å². The number of hydrogen-bond acceptors (Lipinski definition) is 4. The molecular formula is C15H16O4. The molecule has 0 spiro atoms. The van der Waals surface area contributed by atoms with E-state index in [1.54, 1.807) is 19.9 Å². The second kappa shape index (κ2) is 4.88. The smallest absolute Gasteiger partial charge is 0.373 e. The molecule has 0 fully saturated rings. The molecule has 1 atom stereocenters. The van der Waals surface area contributed by atoms with Crippen LogP contribution in [0.5, 0.6) is 0 Å². The predicted molar refractivity (Wildman–Crippen MR) is 69.2 cm³/mol. The lowest BCUT2D eigenvalue weighted by atomic mass is 9.73. The van der Waals surface area contributed by atoms with Crippen molar-refractivity contribution in [1.82, 2.24) is 0 Å². The first-order chi connectivity index (χ1) is 8.96. The Balaban J connectivity index is 2.47. The van der Waals surface area contributed by atoms with E-state index in [0.29, 0.717) is 0 Å². The van der Waals surface area contributed by atoms with Crippen molar-refractivity contribution in [1.29, 1.82) is 0 Å². The van der Waals surface area contributed by atoms with E-state index in [0.717, 1.165) is 5.56 Å². The largest absolute Gasteiger partial charge is 0.463 e. The maximum Gasteiger partial charge on any atom is 0.373 e. The fourth-order valence-corrected chi connectivity index (χ4v) is 2.14. The van der Waals surface area contributed by atoms with Gasteiger partial charge in [-0.3, -0.25) is 4.79 Å². The van der Waals surface area contributed by atoms with Crippen LogP contribution >= 0.6 is 0 Å². The zero-order valence-corrected chi connectivity index (χ0v) is 11.2. The molecule has 0 amide bonds. The van der Waals surface area contributed by atoms with Crippen LogP contribution in [0, 0.1) is 5.41 Å². The summed E-state index contributed by atoms with van der Waals surface area (Å²) in [5.74, 6) is -1.32. The van der Waals surface area contributed by atoms with Gasteiger partial charge < -0.3 is 9.47 Å². The molecule has 0 bridgehead atoms. The van der Waals surface area contributed by atoms with Gasteiger partial charge in [-0.25, -0.2) is 4.79 Å². The number of rotatable bonds is 2. The summed E-state index contributed by atoms with van der Waals surface area (Å²) in [7, 11) is 1.26. The molecule has 1 aromatic rings. The highest BCUT2D eigenvalue weighted by Gasteiger charge is 2.43. The van der Waals surface area contributed by atoms with Crippen molar-refractivity contribution in [3.8, 4) is 0 Å². The molecular weight excluding hydrogens is 244 g/mol. The topological polar surface area (TPSA) is 52.6 Å². The van der Waals surface area contributed by atoms with E-state index < -0.39 is 17.4 Å². The van der Waals surface area contributed by atoms with Crippen molar-refractivity contribution in [2.75, 3.05) is 7.11 Å². The first kappa shape index (κ1) is 13.3. The number of esters is 2. The summed E-state index contributed by atoms with van der Waals surface area (Å²) in [6.07, 6.45) is 1.66. The fraction of sp³-hybridized carbons (Fsp3) is 0.333. The third-order valence-corrected chi connectivity index (χ3v) is 3.37. The first-order valence-corrected chi connectivity index (χ1v) is 6.04. The molecule has 1 aliphatic rings. The van der Waals surface area contributed by atoms with Gasteiger partial charge >= 0.3 is 11.9 Å². The quantitative estimate of drug-likeness (QED) is 0.766. The Labute approximate surface area is 112 Å². The van der Waals surface area contributed by atoms with Crippen LogP contribution in [0.2, 0.25) is 0 Å². The molecule has 0 aromatic heterocycles. The van der Waals surface area contributed by atoms with Gasteiger partial charge in [-0.2, -0.15) is 0 Å². The molecule has 0 aliphatic carbocycles. The van der Waals surface area contributed by atoms with Crippen LogP contribution in [0.15, 0.2) is 42.2 Å². The average Bonchev–Trinajstić information content (AvgIpc) is 2.41. The van der Waals surface area contributed by atoms with E-state index in [1.165, 1.54) is 7.11 Å². The van der Waals surface area contributed by atoms with Gasteiger partial charge in [0.25, 0.3) is 0 Å². The molecule has 100 valence electrons. The van der Waals surface area contributed by atoms with Crippen molar-refractivity contribution in [3.05, 3.63) is 47.7 Å². The fourth-order valence-electron chi connectivity index (χ4n) is 2.14. The summed E-state index contributed by atoms with van der Waals surface area (Å²) in [6, 6.07) is 9.56. The maximum atomic E-state index is 12.1. The minimum atomic E-state index is -0.723. The summed E-state index contributed by atoms with van der Waals surface area (Å²) in [6.45, 7) is 3.61. The van der Waals surface area contributed by atoms with E-state index >= 15 is 0 Å². The molecule has 1 aliphatic heterocycles. The van der Waals surface area contributed by atoms with Gasteiger partial charge in [0.15, 0.2) is 0 Å². The van der Waals surface area contributed by atoms with Crippen LogP contribution in [0.4, 0.5) is 0 Å². The third kappa shape index (κ3) is 2.38. The van der Waals surface area contributed by atoms with Crippen molar-refractivity contribution >= 4 is 11.9 Å². The van der Waals surface area contributed by atoms with E-state index in [1.807, 2.05) is 30.3 Å². The Morgan fingerprint density at radius 1 is 1.26 bits per heavy atom. The molecule has 4 heteroatoms. The molecule has 1 aromatic carbocycles. The minimum Gasteiger partial charge on any atom is -0.463 e. The van der Waals surface area contributed by atoms with Gasteiger partial charge in [-0.05, 0) is 25.5 Å². The van der Waals surface area contributed by atoms with Crippen molar-refractivity contribution in [3.63, 3.8) is 0 Å². The van der Waals surface area contributed by atoms with E-state index in [9.17, 15) is 9.59 Å². The molecule has 0 unspecified atom stereocenters. The predicted octanol–water partition coefficient (Wildman–Crippen LogP) is 2.41. The number of methoxy groups -OCH3 is 1. The van der Waals surface area contributed by atoms with Crippen molar-refractivity contribution in [2.45, 2.75) is 19.8 Å². The lowest BCUT2D eigenvalue weighted by Gasteiger charge is -2.34. The van der Waals surface area contributed by atoms with Crippen molar-refractivity contribution in [2.24, 2.45) is 5.41 Å². The number of cyclic esters (lactones) is 1. The van der Waals surface area contributed by atoms with Gasteiger partial charge in [-0.15, -0.1) is 0 Å². The number of hydrogen-bond donors (Lipinski definition) is 0. The normalized spacial score (nSPS) is 21.3. The van der Waals surface area contributed by atoms with Crippen LogP contribution in [0.1, 0.15) is 25.3 Å². The minimum absolute atomic E-state index is 0.0410. The zero-order chi connectivity index (χ0) is 14.0. The second-order valence-electron chi connectivity index (χ2n) is 5.02. The lowest BCUT2D eigenvalue weighted by Crippen LogP contribution is -2.37. The Morgan fingerprint density at radius 2 is 1.89 bits per heavy atom. The zero-order valence-electron chi connectivity index (χ0n) is 11.2. The number of allylic oxidation sites excluding steroid dienone is 1. The van der Waals surface area contributed by atoms with Gasteiger partial charge in [0.05, 0.1) is 12.5 Å². The van der Waals surface area contributed by atoms with Crippen molar-refractivity contribution < 1.29 is 19.1 Å². The lowest BCUT2D eigenvalue weighted by molar-refractivity contribution is -0.159. The SMILES string of the molecule is COC(=O)C1=C[C@H](c2ccccc2)C(C)(C)C(=O)O1. The second-order valence-corrected chi connectivity index (χ2v) is 5.02. The van der Waals surface area contributed by atoms with Crippen LogP contribution in [0.3, 0.4) is 0 Å². The molecule has 1 heterocycles. The Kier molecular flexibility index (Phi) is 3.42. The van der Waals surface area contributed by atoms with E-state index in [-0.39, 0.29) is 11.7 Å². The van der Waals surface area contributed by atoms with Crippen LogP contribution in [-0.2, 0) is 19.1 Å². The summed E-state index contributed by atoms with van der Waals surface area (Å²) >= 11 is 0. The highest BCUT2D eigenvalue weighted by molar-refractivity contribution is 5.93.